The molecule has 1 unspecified atom stereocenters. The molecule has 2 nitrogen and oxygen atoms in total. The molecule has 0 bridgehead atoms. The van der Waals surface area contributed by atoms with Crippen molar-refractivity contribution in [2.45, 2.75) is 6.10 Å². The van der Waals surface area contributed by atoms with Crippen molar-refractivity contribution >= 4 is 28.6 Å². The summed E-state index contributed by atoms with van der Waals surface area (Å²) in [5.41, 5.74) is 1.84. The fourth-order valence-electron chi connectivity index (χ4n) is 1.82. The van der Waals surface area contributed by atoms with Crippen LogP contribution in [0.5, 0.6) is 5.75 Å². The van der Waals surface area contributed by atoms with Crippen LogP contribution in [0.25, 0.3) is 0 Å². The summed E-state index contributed by atoms with van der Waals surface area (Å²) in [6.45, 7) is 0.658. The molecule has 1 aromatic carbocycles. The van der Waals surface area contributed by atoms with Gasteiger partial charge in [-0.15, -0.1) is 11.3 Å². The SMILES string of the molecule is Fc1ccc2c(c1)OC(c1csc(Cl)c1)CN2. The third kappa shape index (κ3) is 2.10. The molecule has 0 saturated heterocycles. The van der Waals surface area contributed by atoms with Crippen LogP contribution in [-0.4, -0.2) is 6.54 Å². The number of benzene rings is 1. The lowest BCUT2D eigenvalue weighted by Gasteiger charge is -2.26. The predicted octanol–water partition coefficient (Wildman–Crippen LogP) is 4.09. The van der Waals surface area contributed by atoms with E-state index in [0.29, 0.717) is 12.3 Å². The van der Waals surface area contributed by atoms with E-state index in [9.17, 15) is 4.39 Å². The van der Waals surface area contributed by atoms with Gasteiger partial charge < -0.3 is 10.1 Å². The zero-order chi connectivity index (χ0) is 11.8. The maximum atomic E-state index is 13.1. The molecule has 0 aliphatic carbocycles. The summed E-state index contributed by atoms with van der Waals surface area (Å²) in [7, 11) is 0. The topological polar surface area (TPSA) is 21.3 Å². The molecule has 0 spiro atoms. The lowest BCUT2D eigenvalue weighted by Crippen LogP contribution is -2.23. The second-order valence-electron chi connectivity index (χ2n) is 3.81. The van der Waals surface area contributed by atoms with Gasteiger partial charge in [0, 0.05) is 11.6 Å². The molecule has 1 atom stereocenters. The Morgan fingerprint density at radius 2 is 2.29 bits per heavy atom. The van der Waals surface area contributed by atoms with Crippen LogP contribution in [0.3, 0.4) is 0 Å². The molecule has 0 fully saturated rings. The summed E-state index contributed by atoms with van der Waals surface area (Å²) < 4.78 is 19.6. The molecule has 5 heteroatoms. The second kappa shape index (κ2) is 4.20. The summed E-state index contributed by atoms with van der Waals surface area (Å²) in [6.07, 6.45) is -0.118. The van der Waals surface area contributed by atoms with Crippen LogP contribution in [-0.2, 0) is 0 Å². The minimum atomic E-state index is -0.297. The number of fused-ring (bicyclic) bond motifs is 1. The van der Waals surface area contributed by atoms with Crippen LogP contribution < -0.4 is 10.1 Å². The fraction of sp³-hybridized carbons (Fsp3) is 0.167. The Morgan fingerprint density at radius 3 is 3.06 bits per heavy atom. The molecule has 3 rings (SSSR count). The van der Waals surface area contributed by atoms with Crippen LogP contribution >= 0.6 is 22.9 Å². The number of nitrogens with one attached hydrogen (secondary N) is 1. The lowest BCUT2D eigenvalue weighted by atomic mass is 10.1. The maximum Gasteiger partial charge on any atom is 0.146 e. The molecule has 17 heavy (non-hydrogen) atoms. The lowest BCUT2D eigenvalue weighted by molar-refractivity contribution is 0.210. The normalized spacial score (nSPS) is 18.1. The van der Waals surface area contributed by atoms with Gasteiger partial charge in [0.15, 0.2) is 0 Å². The number of thiophene rings is 1. The van der Waals surface area contributed by atoms with Crippen LogP contribution in [0.4, 0.5) is 10.1 Å². The molecular formula is C12H9ClFNOS. The molecular weight excluding hydrogens is 261 g/mol. The van der Waals surface area contributed by atoms with Gasteiger partial charge in [0.25, 0.3) is 0 Å². The molecule has 0 saturated carbocycles. The zero-order valence-electron chi connectivity index (χ0n) is 8.74. The first-order valence-electron chi connectivity index (χ1n) is 5.16. The van der Waals surface area contributed by atoms with Crippen molar-refractivity contribution in [3.8, 4) is 5.75 Å². The summed E-state index contributed by atoms with van der Waals surface area (Å²) in [5, 5.41) is 5.17. The van der Waals surface area contributed by atoms with Gasteiger partial charge in [0.05, 0.1) is 16.6 Å². The van der Waals surface area contributed by atoms with Gasteiger partial charge in [-0.1, -0.05) is 11.6 Å². The Balaban J connectivity index is 1.89. The van der Waals surface area contributed by atoms with Crippen molar-refractivity contribution in [3.05, 3.63) is 45.4 Å². The Hall–Kier alpha value is -1.26. The van der Waals surface area contributed by atoms with Crippen molar-refractivity contribution in [2.75, 3.05) is 11.9 Å². The van der Waals surface area contributed by atoms with Gasteiger partial charge in [-0.25, -0.2) is 4.39 Å². The zero-order valence-corrected chi connectivity index (χ0v) is 10.3. The van der Waals surface area contributed by atoms with Gasteiger partial charge in [0.2, 0.25) is 0 Å². The first kappa shape index (κ1) is 10.9. The highest BCUT2D eigenvalue weighted by atomic mass is 35.5. The minimum absolute atomic E-state index is 0.118. The molecule has 0 amide bonds. The molecule has 88 valence electrons. The highest BCUT2D eigenvalue weighted by molar-refractivity contribution is 7.14. The first-order valence-corrected chi connectivity index (χ1v) is 6.42. The van der Waals surface area contributed by atoms with Gasteiger partial charge in [-0.2, -0.15) is 0 Å². The van der Waals surface area contributed by atoms with E-state index in [-0.39, 0.29) is 11.9 Å². The number of hydrogen-bond acceptors (Lipinski definition) is 3. The first-order chi connectivity index (χ1) is 8.22. The van der Waals surface area contributed by atoms with Crippen molar-refractivity contribution in [1.29, 1.82) is 0 Å². The van der Waals surface area contributed by atoms with Gasteiger partial charge in [-0.05, 0) is 23.6 Å². The van der Waals surface area contributed by atoms with E-state index in [4.69, 9.17) is 16.3 Å². The van der Waals surface area contributed by atoms with Crippen molar-refractivity contribution in [1.82, 2.24) is 0 Å². The highest BCUT2D eigenvalue weighted by Crippen LogP contribution is 2.36. The largest absolute Gasteiger partial charge is 0.482 e. The molecule has 1 aliphatic rings. The molecule has 1 aliphatic heterocycles. The van der Waals surface area contributed by atoms with Gasteiger partial charge >= 0.3 is 0 Å². The Labute approximate surface area is 107 Å². The van der Waals surface area contributed by atoms with E-state index < -0.39 is 0 Å². The molecule has 2 aromatic rings. The van der Waals surface area contributed by atoms with E-state index in [1.165, 1.54) is 23.5 Å². The van der Waals surface area contributed by atoms with Crippen LogP contribution in [0.15, 0.2) is 29.6 Å². The smallest absolute Gasteiger partial charge is 0.146 e. The molecule has 0 radical (unpaired) electrons. The van der Waals surface area contributed by atoms with Crippen LogP contribution in [0.2, 0.25) is 4.34 Å². The van der Waals surface area contributed by atoms with E-state index in [2.05, 4.69) is 5.32 Å². The maximum absolute atomic E-state index is 13.1. The molecule has 2 heterocycles. The second-order valence-corrected chi connectivity index (χ2v) is 5.35. The molecule has 1 N–H and O–H groups in total. The average Bonchev–Trinajstić information content (AvgIpc) is 2.75. The monoisotopic (exact) mass is 269 g/mol. The average molecular weight is 270 g/mol. The van der Waals surface area contributed by atoms with Crippen molar-refractivity contribution in [3.63, 3.8) is 0 Å². The summed E-state index contributed by atoms with van der Waals surface area (Å²) >= 11 is 7.35. The third-order valence-electron chi connectivity index (χ3n) is 2.65. The van der Waals surface area contributed by atoms with Crippen molar-refractivity contribution in [2.24, 2.45) is 0 Å². The van der Waals surface area contributed by atoms with E-state index >= 15 is 0 Å². The number of ether oxygens (including phenoxy) is 1. The van der Waals surface area contributed by atoms with Crippen LogP contribution in [0, 0.1) is 5.82 Å². The Morgan fingerprint density at radius 1 is 1.41 bits per heavy atom. The fourth-order valence-corrected chi connectivity index (χ4v) is 2.75. The standard InChI is InChI=1S/C12H9ClFNOS/c13-12-3-7(6-17-12)11-5-15-9-2-1-8(14)4-10(9)16-11/h1-4,6,11,15H,5H2. The highest BCUT2D eigenvalue weighted by Gasteiger charge is 2.22. The van der Waals surface area contributed by atoms with Crippen molar-refractivity contribution < 1.29 is 9.13 Å². The number of halogens is 2. The number of rotatable bonds is 1. The van der Waals surface area contributed by atoms with E-state index in [1.807, 2.05) is 11.4 Å². The summed E-state index contributed by atoms with van der Waals surface area (Å²) in [4.78, 5) is 0. The predicted molar refractivity (Wildman–Crippen MR) is 67.6 cm³/mol. The van der Waals surface area contributed by atoms with E-state index in [0.717, 1.165) is 15.6 Å². The molecule has 1 aromatic heterocycles. The quantitative estimate of drug-likeness (QED) is 0.842. The van der Waals surface area contributed by atoms with Gasteiger partial charge in [-0.3, -0.25) is 0 Å². The Bertz CT molecular complexity index is 557. The number of anilines is 1. The summed E-state index contributed by atoms with van der Waals surface area (Å²) in [5.74, 6) is 0.248. The summed E-state index contributed by atoms with van der Waals surface area (Å²) in [6, 6.07) is 6.36. The minimum Gasteiger partial charge on any atom is -0.482 e. The Kier molecular flexibility index (Phi) is 2.68. The third-order valence-corrected chi connectivity index (χ3v) is 3.76. The van der Waals surface area contributed by atoms with Crippen LogP contribution in [0.1, 0.15) is 11.7 Å². The van der Waals surface area contributed by atoms with E-state index in [1.54, 1.807) is 6.07 Å². The van der Waals surface area contributed by atoms with Gasteiger partial charge in [0.1, 0.15) is 17.7 Å². The number of hydrogen-bond donors (Lipinski definition) is 1.